The van der Waals surface area contributed by atoms with E-state index in [-0.39, 0.29) is 17.5 Å². The first-order valence-corrected chi connectivity index (χ1v) is 11.3. The summed E-state index contributed by atoms with van der Waals surface area (Å²) >= 11 is 0. The van der Waals surface area contributed by atoms with Crippen LogP contribution in [0.5, 0.6) is 0 Å². The Balaban J connectivity index is 2.04. The van der Waals surface area contributed by atoms with E-state index in [2.05, 4.69) is 41.7 Å². The summed E-state index contributed by atoms with van der Waals surface area (Å²) in [6, 6.07) is 31.0. The summed E-state index contributed by atoms with van der Waals surface area (Å²) in [5.74, 6) is -0.317. The zero-order chi connectivity index (χ0) is 18.7. The third kappa shape index (κ3) is 3.09. The number of benzene rings is 3. The van der Waals surface area contributed by atoms with Gasteiger partial charge < -0.3 is 0 Å². The molecule has 0 bridgehead atoms. The fourth-order valence-corrected chi connectivity index (χ4v) is 9.72. The van der Waals surface area contributed by atoms with Crippen molar-refractivity contribution in [2.24, 2.45) is 0 Å². The van der Waals surface area contributed by atoms with Gasteiger partial charge in [-0.3, -0.25) is 0 Å². The Morgan fingerprint density at radius 3 is 1.44 bits per heavy atom. The van der Waals surface area contributed by atoms with Gasteiger partial charge in [0.25, 0.3) is 0 Å². The van der Waals surface area contributed by atoms with Crippen LogP contribution in [0.4, 0.5) is 0 Å². The van der Waals surface area contributed by atoms with Crippen molar-refractivity contribution in [1.29, 1.82) is 0 Å². The Morgan fingerprint density at radius 1 is 0.667 bits per heavy atom. The molecule has 3 nitrogen and oxygen atoms in total. The zero-order valence-corrected chi connectivity index (χ0v) is 16.0. The Kier molecular flexibility index (Phi) is 4.87. The maximum atomic E-state index is 13.1. The van der Waals surface area contributed by atoms with Crippen LogP contribution in [0.2, 0.25) is 0 Å². The minimum absolute atomic E-state index is 0.144. The second-order valence-electron chi connectivity index (χ2n) is 6.91. The molecule has 0 aromatic heterocycles. The van der Waals surface area contributed by atoms with E-state index in [1.165, 1.54) is 15.9 Å². The molecule has 4 rings (SSSR count). The van der Waals surface area contributed by atoms with Crippen molar-refractivity contribution < 1.29 is 9.59 Å². The van der Waals surface area contributed by atoms with E-state index < -0.39 is 7.26 Å². The number of piperidine rings is 1. The monoisotopic (exact) mass is 375 g/mol. The van der Waals surface area contributed by atoms with Gasteiger partial charge in [-0.2, -0.15) is 0 Å². The summed E-state index contributed by atoms with van der Waals surface area (Å²) in [6.07, 6.45) is 0.966. The third-order valence-electron chi connectivity index (χ3n) is 5.45. The van der Waals surface area contributed by atoms with Crippen LogP contribution in [0.25, 0.3) is 0 Å². The van der Waals surface area contributed by atoms with Gasteiger partial charge in [-0.05, 0) is 0 Å². The first-order chi connectivity index (χ1) is 13.2. The molecule has 1 aliphatic rings. The maximum absolute atomic E-state index is 13.1. The molecule has 27 heavy (non-hydrogen) atoms. The van der Waals surface area contributed by atoms with Gasteiger partial charge in [-0.1, -0.05) is 0 Å². The number of nitrogens with one attached hydrogen (secondary N) is 1. The van der Waals surface area contributed by atoms with Crippen LogP contribution in [0.3, 0.4) is 0 Å². The van der Waals surface area contributed by atoms with Crippen LogP contribution in [-0.2, 0) is 9.59 Å². The first kappa shape index (κ1) is 17.6. The summed E-state index contributed by atoms with van der Waals surface area (Å²) in [7, 11) is -2.68. The molecule has 0 radical (unpaired) electrons. The molecular weight excluding hydrogens is 353 g/mol. The molecule has 1 heterocycles. The molecule has 4 heteroatoms. The van der Waals surface area contributed by atoms with Gasteiger partial charge in [0.05, 0.1) is 0 Å². The Bertz CT molecular complexity index is 845. The predicted molar refractivity (Wildman–Crippen MR) is 113 cm³/mol. The van der Waals surface area contributed by atoms with Crippen molar-refractivity contribution in [3.63, 3.8) is 0 Å². The topological polar surface area (TPSA) is 46.2 Å². The van der Waals surface area contributed by atoms with E-state index in [1.807, 2.05) is 54.6 Å². The fourth-order valence-electron chi connectivity index (χ4n) is 4.31. The molecule has 3 aromatic rings. The zero-order valence-electron chi connectivity index (χ0n) is 15.0. The van der Waals surface area contributed by atoms with Crippen LogP contribution >= 0.6 is 7.26 Å². The van der Waals surface area contributed by atoms with E-state index >= 15 is 0 Å². The summed E-state index contributed by atoms with van der Waals surface area (Å²) in [5, 5.41) is 6.18. The third-order valence-corrected chi connectivity index (χ3v) is 10.8. The van der Waals surface area contributed by atoms with Crippen molar-refractivity contribution in [1.82, 2.24) is 5.32 Å². The van der Waals surface area contributed by atoms with Gasteiger partial charge in [0.2, 0.25) is 0 Å². The molecule has 1 N–H and O–H groups in total. The number of hydrogen-bond acceptors (Lipinski definition) is 2. The summed E-state index contributed by atoms with van der Waals surface area (Å²) in [4.78, 5) is 24.9. The van der Waals surface area contributed by atoms with Gasteiger partial charge in [0.1, 0.15) is 0 Å². The van der Waals surface area contributed by atoms with E-state index in [0.29, 0.717) is 12.8 Å². The van der Waals surface area contributed by atoms with E-state index in [0.717, 1.165) is 0 Å². The van der Waals surface area contributed by atoms with Crippen molar-refractivity contribution >= 4 is 35.0 Å². The van der Waals surface area contributed by atoms with Crippen LogP contribution in [0.15, 0.2) is 91.0 Å². The van der Waals surface area contributed by atoms with E-state index in [1.54, 1.807) is 0 Å². The van der Waals surface area contributed by atoms with E-state index in [4.69, 9.17) is 0 Å². The number of carbonyl (C=O) groups is 2. The first-order valence-electron chi connectivity index (χ1n) is 9.23. The minimum atomic E-state index is -2.68. The number of rotatable bonds is 4. The van der Waals surface area contributed by atoms with Gasteiger partial charge in [0.15, 0.2) is 0 Å². The molecular formula is C23H22NO2P. The quantitative estimate of drug-likeness (QED) is 0.563. The predicted octanol–water partition coefficient (Wildman–Crippen LogP) is 2.52. The molecule has 0 spiro atoms. The number of amides is 2. The molecule has 0 saturated carbocycles. The SMILES string of the molecule is O=C1CCC([PH](c2ccccc2)(c2ccccc2)c2ccccc2)C(=O)N1. The average Bonchev–Trinajstić information content (AvgIpc) is 2.72. The summed E-state index contributed by atoms with van der Waals surface area (Å²) in [5.41, 5.74) is -0.234. The van der Waals surface area contributed by atoms with Gasteiger partial charge in [0, 0.05) is 0 Å². The van der Waals surface area contributed by atoms with E-state index in [9.17, 15) is 9.59 Å². The summed E-state index contributed by atoms with van der Waals surface area (Å²) in [6.45, 7) is 0. The van der Waals surface area contributed by atoms with Crippen molar-refractivity contribution in [3.05, 3.63) is 91.0 Å². The van der Waals surface area contributed by atoms with Crippen molar-refractivity contribution in [3.8, 4) is 0 Å². The van der Waals surface area contributed by atoms with Crippen LogP contribution in [0, 0.1) is 0 Å². The second-order valence-corrected chi connectivity index (χ2v) is 11.0. The van der Waals surface area contributed by atoms with Gasteiger partial charge in [-0.15, -0.1) is 0 Å². The number of hydrogen-bond donors (Lipinski definition) is 1. The fraction of sp³-hybridized carbons (Fsp3) is 0.130. The average molecular weight is 375 g/mol. The second kappa shape index (κ2) is 7.46. The Labute approximate surface area is 159 Å². The molecule has 136 valence electrons. The van der Waals surface area contributed by atoms with Crippen LogP contribution < -0.4 is 21.2 Å². The molecule has 1 saturated heterocycles. The number of carbonyl (C=O) groups excluding carboxylic acids is 2. The standard InChI is InChI=1S/C23H22NO2P/c25-22-17-16-21(23(26)24-22)27(18-10-4-1-5-11-18,19-12-6-2-7-13-19)20-14-8-3-9-15-20/h1-15,21,27H,16-17H2,(H,24,25,26). The summed E-state index contributed by atoms with van der Waals surface area (Å²) < 4.78 is 0. The number of imide groups is 1. The molecule has 1 fully saturated rings. The molecule has 1 aliphatic heterocycles. The Hall–Kier alpha value is -2.77. The normalized spacial score (nSPS) is 18.0. The molecule has 1 atom stereocenters. The molecule has 2 amide bonds. The van der Waals surface area contributed by atoms with Gasteiger partial charge in [-0.25, -0.2) is 0 Å². The molecule has 3 aromatic carbocycles. The molecule has 1 unspecified atom stereocenters. The van der Waals surface area contributed by atoms with Gasteiger partial charge >= 0.3 is 159 Å². The van der Waals surface area contributed by atoms with Crippen molar-refractivity contribution in [2.75, 3.05) is 0 Å². The van der Waals surface area contributed by atoms with Crippen LogP contribution in [0.1, 0.15) is 12.8 Å². The Morgan fingerprint density at radius 2 is 1.07 bits per heavy atom. The molecule has 0 aliphatic carbocycles. The van der Waals surface area contributed by atoms with Crippen LogP contribution in [-0.4, -0.2) is 17.5 Å². The van der Waals surface area contributed by atoms with Crippen molar-refractivity contribution in [2.45, 2.75) is 18.5 Å².